The van der Waals surface area contributed by atoms with Crippen LogP contribution in [0.5, 0.6) is 5.75 Å². The number of halogens is 1. The molecule has 2 fully saturated rings. The summed E-state index contributed by atoms with van der Waals surface area (Å²) in [4.78, 5) is 41.6. The molecule has 4 aliphatic rings. The molecule has 0 aliphatic carbocycles. The first kappa shape index (κ1) is 40.3. The molecule has 50 heavy (non-hydrogen) atoms. The minimum absolute atomic E-state index is 0.0590. The lowest BCUT2D eigenvalue weighted by Crippen LogP contribution is -2.72. The van der Waals surface area contributed by atoms with Gasteiger partial charge in [0.2, 0.25) is 5.91 Å². The van der Waals surface area contributed by atoms with E-state index in [0.29, 0.717) is 30.2 Å². The molecule has 16 heteroatoms. The lowest BCUT2D eigenvalue weighted by molar-refractivity contribution is -0.328. The van der Waals surface area contributed by atoms with E-state index in [4.69, 9.17) is 40.0 Å². The van der Waals surface area contributed by atoms with E-state index >= 15 is 0 Å². The Morgan fingerprint density at radius 1 is 1.24 bits per heavy atom. The number of nitrogens with zero attached hydrogens (tertiary/aromatic N) is 1. The molecule has 5 rings (SSSR count). The number of alkyl carbamates (subject to hydrolysis) is 1. The molecule has 278 valence electrons. The van der Waals surface area contributed by atoms with Gasteiger partial charge in [0.1, 0.15) is 40.3 Å². The zero-order valence-electron chi connectivity index (χ0n) is 29.4. The van der Waals surface area contributed by atoms with Crippen molar-refractivity contribution in [3.8, 4) is 5.75 Å². The lowest BCUT2D eigenvalue weighted by atomic mass is 9.72. The molecule has 4 heterocycles. The molecule has 0 aromatic heterocycles. The van der Waals surface area contributed by atoms with Gasteiger partial charge in [-0.15, -0.1) is 0 Å². The van der Waals surface area contributed by atoms with Crippen LogP contribution >= 0.6 is 33.2 Å². The van der Waals surface area contributed by atoms with Crippen molar-refractivity contribution in [1.29, 1.82) is 0 Å². The van der Waals surface area contributed by atoms with E-state index < -0.39 is 59.3 Å². The second kappa shape index (κ2) is 16.9. The van der Waals surface area contributed by atoms with Crippen LogP contribution in [-0.2, 0) is 39.7 Å². The highest BCUT2D eigenvalue weighted by atomic mass is 35.5. The molecule has 0 spiro atoms. The molecule has 3 unspecified atom stereocenters. The van der Waals surface area contributed by atoms with Crippen LogP contribution in [0.25, 0.3) is 0 Å². The Kier molecular flexibility index (Phi) is 13.6. The summed E-state index contributed by atoms with van der Waals surface area (Å²) in [6.07, 6.45) is 1.11. The number of allylic oxidation sites excluding steroid dienone is 3. The number of anilines is 1. The molecule has 7 atom stereocenters. The van der Waals surface area contributed by atoms with Crippen molar-refractivity contribution >= 4 is 56.8 Å². The highest BCUT2D eigenvalue weighted by molar-refractivity contribution is 8.76. The third-order valence-corrected chi connectivity index (χ3v) is 11.3. The average Bonchev–Trinajstić information content (AvgIpc) is 3.04. The van der Waals surface area contributed by atoms with Gasteiger partial charge >= 0.3 is 12.1 Å². The number of ether oxygens (including phenoxy) is 6. The second-order valence-electron chi connectivity index (χ2n) is 13.1. The Labute approximate surface area is 305 Å². The molecule has 3 N–H and O–H groups in total. The smallest absolute Gasteiger partial charge is 0.409 e. The van der Waals surface area contributed by atoms with E-state index in [9.17, 15) is 24.6 Å². The third kappa shape index (κ3) is 9.29. The first-order valence-corrected chi connectivity index (χ1v) is 19.2. The molecule has 13 nitrogen and oxygen atoms in total. The predicted octanol–water partition coefficient (Wildman–Crippen LogP) is 4.20. The van der Waals surface area contributed by atoms with Crippen LogP contribution in [-0.4, -0.2) is 116 Å². The number of aliphatic hydroxyl groups is 2. The monoisotopic (exact) mass is 758 g/mol. The molecular formula is C34H47ClN2O11S2. The minimum Gasteiger partial charge on any atom is -0.495 e. The fraction of sp³-hybridized carbons (Fsp3) is 0.618. The number of carbonyl (C=O) groups excluding carboxylic acids is 3. The number of methoxy groups -OCH3 is 2. The molecule has 0 radical (unpaired) electrons. The maximum atomic E-state index is 14.0. The Morgan fingerprint density at radius 2 is 1.96 bits per heavy atom. The van der Waals surface area contributed by atoms with Crippen LogP contribution in [0.4, 0.5) is 10.5 Å². The maximum absolute atomic E-state index is 14.0. The molecular weight excluding hydrogens is 712 g/mol. The van der Waals surface area contributed by atoms with Crippen LogP contribution in [0.3, 0.4) is 0 Å². The van der Waals surface area contributed by atoms with Crippen molar-refractivity contribution in [3.63, 3.8) is 0 Å². The summed E-state index contributed by atoms with van der Waals surface area (Å²) < 4.78 is 34.6. The van der Waals surface area contributed by atoms with Gasteiger partial charge in [0.25, 0.3) is 0 Å². The van der Waals surface area contributed by atoms with Crippen LogP contribution in [0.15, 0.2) is 35.9 Å². The fourth-order valence-electron chi connectivity index (χ4n) is 6.45. The van der Waals surface area contributed by atoms with Crippen LogP contribution < -0.4 is 15.0 Å². The highest BCUT2D eigenvalue weighted by Crippen LogP contribution is 2.50. The molecule has 2 amide bonds. The summed E-state index contributed by atoms with van der Waals surface area (Å²) in [5, 5.41) is 25.0. The first-order valence-electron chi connectivity index (χ1n) is 16.1. The average molecular weight is 759 g/mol. The number of nitrogens with one attached hydrogen (secondary N) is 1. The summed E-state index contributed by atoms with van der Waals surface area (Å²) in [7, 11) is 7.64. The van der Waals surface area contributed by atoms with Gasteiger partial charge in [-0.2, -0.15) is 0 Å². The zero-order chi connectivity index (χ0) is 36.9. The van der Waals surface area contributed by atoms with Gasteiger partial charge in [0.15, 0.2) is 11.8 Å². The van der Waals surface area contributed by atoms with E-state index in [-0.39, 0.29) is 30.9 Å². The van der Waals surface area contributed by atoms with Gasteiger partial charge < -0.3 is 43.5 Å². The van der Waals surface area contributed by atoms with Crippen LogP contribution in [0.2, 0.25) is 5.02 Å². The Morgan fingerprint density at radius 3 is 2.62 bits per heavy atom. The third-order valence-electron chi connectivity index (χ3n) is 9.14. The maximum Gasteiger partial charge on any atom is 0.409 e. The van der Waals surface area contributed by atoms with Gasteiger partial charge in [-0.1, -0.05) is 57.0 Å². The number of hydrogen-bond donors (Lipinski definition) is 3. The van der Waals surface area contributed by atoms with Crippen molar-refractivity contribution in [2.45, 2.75) is 87.8 Å². The topological polar surface area (TPSA) is 162 Å². The SMILES string of the molecule is COc1cc2cc(c1Cl)N(C)C(=O)C[C@H](OC(=O)C(COCCSSC)OC)[C@@]1(C)CC(C)(O1)C1C[C@@](O)(NC(=O)O1)[C@H](O)/C=C/C=C(\C)C2. The minimum atomic E-state index is -2.07. The highest BCUT2D eigenvalue weighted by Gasteiger charge is 2.63. The number of amides is 2. The number of esters is 1. The van der Waals surface area contributed by atoms with Crippen LogP contribution in [0, 0.1) is 0 Å². The molecule has 2 saturated heterocycles. The number of rotatable bonds is 10. The standard InChI is InChI=1S/C34H47ClN2O11S2/c1-20-9-8-10-25(38)34(42)17-27(47-31(41)36-34)33(3)19-32(2,48-33)26(46-30(40)24(44-6)18-45-11-12-50-49-7)16-28(39)37(4)22-14-21(13-20)15-23(43-5)29(22)35/h8-10,14-15,24-27,38,42H,11-13,16-19H2,1-7H3,(H,36,41)/b10-8+,20-9+/t24?,25-,26+,27?,32-,33?,34+/m1/s1. The van der Waals surface area contributed by atoms with Crippen LogP contribution in [0.1, 0.15) is 45.6 Å². The molecule has 4 aliphatic heterocycles. The molecule has 1 aromatic carbocycles. The largest absolute Gasteiger partial charge is 0.495 e. The van der Waals surface area contributed by atoms with Gasteiger partial charge in [-0.05, 0) is 51.1 Å². The summed E-state index contributed by atoms with van der Waals surface area (Å²) in [6.45, 7) is 5.60. The Balaban J connectivity index is 1.72. The van der Waals surface area contributed by atoms with Gasteiger partial charge in [-0.25, -0.2) is 9.59 Å². The van der Waals surface area contributed by atoms with Crippen molar-refractivity contribution in [1.82, 2.24) is 5.32 Å². The van der Waals surface area contributed by atoms with E-state index in [1.54, 1.807) is 66.8 Å². The summed E-state index contributed by atoms with van der Waals surface area (Å²) in [6, 6.07) is 3.54. The van der Waals surface area contributed by atoms with E-state index in [2.05, 4.69) is 5.32 Å². The summed E-state index contributed by atoms with van der Waals surface area (Å²) in [5.74, 6) is -0.0979. The predicted molar refractivity (Wildman–Crippen MR) is 192 cm³/mol. The normalized spacial score (nSPS) is 32.5. The van der Waals surface area contributed by atoms with Crippen molar-refractivity contribution < 1.29 is 53.0 Å². The van der Waals surface area contributed by atoms with E-state index in [1.807, 2.05) is 13.2 Å². The second-order valence-corrected chi connectivity index (χ2v) is 16.1. The quantitative estimate of drug-likeness (QED) is 0.177. The number of fused-ring (bicyclic) bond motifs is 6. The molecule has 1 aromatic rings. The Hall–Kier alpha value is -2.50. The number of benzene rings is 1. The summed E-state index contributed by atoms with van der Waals surface area (Å²) in [5.41, 5.74) is -2.44. The van der Waals surface area contributed by atoms with E-state index in [1.165, 1.54) is 25.2 Å². The van der Waals surface area contributed by atoms with Crippen molar-refractivity contribution in [3.05, 3.63) is 46.5 Å². The van der Waals surface area contributed by atoms with E-state index in [0.717, 1.165) is 11.1 Å². The van der Waals surface area contributed by atoms with Gasteiger partial charge in [0, 0.05) is 32.8 Å². The van der Waals surface area contributed by atoms with Crippen molar-refractivity contribution in [2.24, 2.45) is 0 Å². The molecule has 6 bridgehead atoms. The molecule has 0 saturated carbocycles. The number of hydrogen-bond acceptors (Lipinski definition) is 13. The number of carbonyl (C=O) groups is 3. The first-order chi connectivity index (χ1) is 23.6. The zero-order valence-corrected chi connectivity index (χ0v) is 31.7. The number of aliphatic hydroxyl groups excluding tert-OH is 1. The fourth-order valence-corrected chi connectivity index (χ4v) is 7.82. The lowest BCUT2D eigenvalue weighted by Gasteiger charge is -2.59. The Bertz CT molecular complexity index is 1470. The summed E-state index contributed by atoms with van der Waals surface area (Å²) >= 11 is 6.72. The van der Waals surface area contributed by atoms with Gasteiger partial charge in [0.05, 0.1) is 32.4 Å². The van der Waals surface area contributed by atoms with Crippen molar-refractivity contribution in [2.75, 3.05) is 51.4 Å². The van der Waals surface area contributed by atoms with Gasteiger partial charge in [-0.3, -0.25) is 10.1 Å².